The number of nitrogens with zero attached hydrogens (tertiary/aromatic N) is 4. The van der Waals surface area contributed by atoms with Crippen molar-refractivity contribution in [2.24, 2.45) is 73.1 Å². The maximum Gasteiger partial charge on any atom is 0.330 e. The van der Waals surface area contributed by atoms with Crippen molar-refractivity contribution in [1.82, 2.24) is 9.55 Å². The Kier molecular flexibility index (Phi) is 14.1. The number of hydrogen-bond acceptors (Lipinski definition) is 11. The lowest BCUT2D eigenvalue weighted by molar-refractivity contribution is -0.253. The van der Waals surface area contributed by atoms with E-state index in [4.69, 9.17) is 24.1 Å². The van der Waals surface area contributed by atoms with Crippen molar-refractivity contribution in [2.45, 2.75) is 190 Å². The third-order valence-electron chi connectivity index (χ3n) is 19.4. The molecule has 0 spiro atoms. The quantitative estimate of drug-likeness (QED) is 0.0553. The Morgan fingerprint density at radius 2 is 1.67 bits per heavy atom. The van der Waals surface area contributed by atoms with E-state index in [1.807, 2.05) is 0 Å². The van der Waals surface area contributed by atoms with Crippen LogP contribution >= 0.6 is 0 Å². The molecule has 0 radical (unpaired) electrons. The van der Waals surface area contributed by atoms with Crippen LogP contribution in [0.15, 0.2) is 20.9 Å². The number of aromatic nitrogens is 2. The minimum absolute atomic E-state index is 0.0370. The second-order valence-corrected chi connectivity index (χ2v) is 24.0. The van der Waals surface area contributed by atoms with Gasteiger partial charge in [-0.3, -0.25) is 33.5 Å². The van der Waals surface area contributed by atoms with Gasteiger partial charge in [-0.15, -0.1) is 0 Å². The zero-order valence-electron chi connectivity index (χ0n) is 41.7. The molecule has 5 saturated carbocycles. The first kappa shape index (κ1) is 50.7. The number of H-pyrrole nitrogens is 1. The summed E-state index contributed by atoms with van der Waals surface area (Å²) in [5.41, 5.74) is 7.08. The average molecular weight is 936 g/mol. The number of carbonyl (C=O) groups excluding carboxylic acids is 3. The number of ether oxygens (including phenoxy) is 4. The third kappa shape index (κ3) is 9.11. The molecule has 67 heavy (non-hydrogen) atoms. The van der Waals surface area contributed by atoms with Gasteiger partial charge in [-0.05, 0) is 149 Å². The summed E-state index contributed by atoms with van der Waals surface area (Å²) in [5, 5.41) is 12.9. The number of rotatable bonds is 15. The Morgan fingerprint density at radius 1 is 0.940 bits per heavy atom. The van der Waals surface area contributed by atoms with Crippen LogP contribution in [0.3, 0.4) is 0 Å². The monoisotopic (exact) mass is 936 g/mol. The number of aliphatic carboxylic acids is 1. The molecule has 7 rings (SSSR count). The van der Waals surface area contributed by atoms with E-state index in [1.54, 1.807) is 20.8 Å². The fraction of sp³-hybridized carbons (Fsp3) is 0.843. The fourth-order valence-electron chi connectivity index (χ4n) is 15.7. The minimum Gasteiger partial charge on any atom is -0.481 e. The number of carboxylic acids is 1. The van der Waals surface area contributed by atoms with Crippen LogP contribution in [0.5, 0.6) is 0 Å². The van der Waals surface area contributed by atoms with Crippen LogP contribution < -0.4 is 11.2 Å². The lowest BCUT2D eigenvalue weighted by atomic mass is 9.32. The predicted molar refractivity (Wildman–Crippen MR) is 248 cm³/mol. The van der Waals surface area contributed by atoms with Gasteiger partial charge < -0.3 is 24.1 Å². The van der Waals surface area contributed by atoms with Crippen LogP contribution in [-0.2, 0) is 38.1 Å². The number of nitrogens with one attached hydrogen (secondary N) is 1. The summed E-state index contributed by atoms with van der Waals surface area (Å²) in [6, 6.07) is -0.744. The van der Waals surface area contributed by atoms with E-state index in [0.717, 1.165) is 64.2 Å². The highest BCUT2D eigenvalue weighted by Crippen LogP contribution is 2.77. The van der Waals surface area contributed by atoms with Gasteiger partial charge in [-0.2, -0.15) is 0 Å². The molecule has 5 aliphatic carbocycles. The molecule has 2 N–H and O–H groups in total. The van der Waals surface area contributed by atoms with E-state index in [9.17, 15) is 34.3 Å². The highest BCUT2D eigenvalue weighted by molar-refractivity contribution is 5.82. The first-order chi connectivity index (χ1) is 31.3. The minimum atomic E-state index is -1.23. The zero-order valence-corrected chi connectivity index (χ0v) is 41.7. The molecule has 13 atom stereocenters. The predicted octanol–water partition coefficient (Wildman–Crippen LogP) is 9.22. The number of hydrogen-bond donors (Lipinski definition) is 2. The Labute approximate surface area is 395 Å². The van der Waals surface area contributed by atoms with E-state index < -0.39 is 52.9 Å². The van der Waals surface area contributed by atoms with Crippen molar-refractivity contribution in [3.8, 4) is 0 Å². The molecule has 1 aliphatic heterocycles. The normalized spacial score (nSPS) is 37.5. The molecule has 0 bridgehead atoms. The van der Waals surface area contributed by atoms with Crippen molar-refractivity contribution in [3.63, 3.8) is 0 Å². The fourth-order valence-corrected chi connectivity index (χ4v) is 15.7. The SMILES string of the molecule is Cc1cn([C@H]2CC(N=[N+]=[N-])[C@@H](COC(=O)C(C)(C)CC(=O)OC[C@]34CC[C@@H](C(C)C)[C@@H]3[C@H]3CC[C@@H]5[C@@]6(C)CC[C@H](OC(=O)CCCC(=O)O)C(C)(C)[C@@H]6CC[C@@]5(C)[C@]3(C)CC4)O2)c(=O)[nH]c1=O. The molecular formula is C51H77N5O11. The van der Waals surface area contributed by atoms with Crippen molar-refractivity contribution < 1.29 is 43.2 Å². The smallest absolute Gasteiger partial charge is 0.330 e. The van der Waals surface area contributed by atoms with Gasteiger partial charge >= 0.3 is 29.6 Å². The molecular weight excluding hydrogens is 859 g/mol. The number of carboxylic acid groups (broad SMARTS) is 1. The molecule has 16 heteroatoms. The number of aromatic amines is 1. The van der Waals surface area contributed by atoms with Gasteiger partial charge in [0.25, 0.3) is 5.56 Å². The summed E-state index contributed by atoms with van der Waals surface area (Å²) in [7, 11) is 0. The summed E-state index contributed by atoms with van der Waals surface area (Å²) < 4.78 is 25.4. The summed E-state index contributed by atoms with van der Waals surface area (Å²) in [4.78, 5) is 81.1. The van der Waals surface area contributed by atoms with E-state index in [1.165, 1.54) is 10.8 Å². The first-order valence-electron chi connectivity index (χ1n) is 25.1. The van der Waals surface area contributed by atoms with E-state index in [2.05, 4.69) is 63.5 Å². The summed E-state index contributed by atoms with van der Waals surface area (Å²) in [5.74, 6) is 0.541. The molecule has 0 amide bonds. The maximum atomic E-state index is 13.8. The van der Waals surface area contributed by atoms with E-state index in [0.29, 0.717) is 47.7 Å². The van der Waals surface area contributed by atoms with Crippen LogP contribution in [0.2, 0.25) is 0 Å². The topological polar surface area (TPSA) is 229 Å². The zero-order chi connectivity index (χ0) is 49.1. The summed E-state index contributed by atoms with van der Waals surface area (Å²) in [6.07, 6.45) is 10.3. The van der Waals surface area contributed by atoms with E-state index in [-0.39, 0.29) is 77.9 Å². The molecule has 16 nitrogen and oxygen atoms in total. The van der Waals surface area contributed by atoms with Gasteiger partial charge in [0.2, 0.25) is 0 Å². The number of fused-ring (bicyclic) bond motifs is 7. The molecule has 1 saturated heterocycles. The first-order valence-corrected chi connectivity index (χ1v) is 25.1. The van der Waals surface area contributed by atoms with Crippen LogP contribution in [0, 0.1) is 74.9 Å². The summed E-state index contributed by atoms with van der Waals surface area (Å²) in [6.45, 7) is 21.9. The Balaban J connectivity index is 0.999. The Hall–Kier alpha value is -4.17. The Bertz CT molecular complexity index is 2250. The van der Waals surface area contributed by atoms with Gasteiger partial charge in [0.05, 0.1) is 24.5 Å². The van der Waals surface area contributed by atoms with Crippen LogP contribution in [0.4, 0.5) is 0 Å². The highest BCUT2D eigenvalue weighted by Gasteiger charge is 2.71. The van der Waals surface area contributed by atoms with Crippen LogP contribution in [0.1, 0.15) is 170 Å². The van der Waals surface area contributed by atoms with Gasteiger partial charge in [0.1, 0.15) is 25.0 Å². The number of azide groups is 1. The van der Waals surface area contributed by atoms with Crippen LogP contribution in [-0.4, -0.2) is 70.0 Å². The van der Waals surface area contributed by atoms with E-state index >= 15 is 0 Å². The molecule has 1 unspecified atom stereocenters. The van der Waals surface area contributed by atoms with Crippen molar-refractivity contribution >= 4 is 23.9 Å². The third-order valence-corrected chi connectivity index (χ3v) is 19.4. The molecule has 1 aromatic heterocycles. The summed E-state index contributed by atoms with van der Waals surface area (Å²) >= 11 is 0. The number of esters is 3. The standard InChI is InChI=1S/C51H77N5O11/c1-29(2)31-16-21-51(28-65-41(60)25-46(4,5)44(62)64-27-34-33(54-55-52)24-38(66-34)56-26-30(3)43(61)53-45(56)63)23-22-49(9)32(42(31)51)14-15-36-48(8)19-18-37(67-40(59)13-11-12-39(57)58)47(6,7)35(48)17-20-50(36,49)10/h26,29,31-38,42H,11-25,27-28H2,1-10H3,(H,57,58)(H,53,61,63)/t31-,32+,33?,34+,35-,36+,37-,38+,42+,48-,49+,50+,51+/m0/s1. The average Bonchev–Trinajstić information content (AvgIpc) is 3.83. The molecule has 1 aromatic rings. The van der Waals surface area contributed by atoms with Gasteiger partial charge in [0, 0.05) is 46.8 Å². The van der Waals surface area contributed by atoms with Crippen molar-refractivity contribution in [1.29, 1.82) is 0 Å². The Morgan fingerprint density at radius 3 is 2.36 bits per heavy atom. The molecule has 372 valence electrons. The van der Waals surface area contributed by atoms with Crippen molar-refractivity contribution in [2.75, 3.05) is 13.2 Å². The maximum absolute atomic E-state index is 13.8. The van der Waals surface area contributed by atoms with Gasteiger partial charge in [-0.25, -0.2) is 4.79 Å². The highest BCUT2D eigenvalue weighted by atomic mass is 16.6. The van der Waals surface area contributed by atoms with Gasteiger partial charge in [-0.1, -0.05) is 53.6 Å². The van der Waals surface area contributed by atoms with Gasteiger partial charge in [0.15, 0.2) is 0 Å². The molecule has 2 heterocycles. The molecule has 6 aliphatic rings. The van der Waals surface area contributed by atoms with Crippen molar-refractivity contribution in [3.05, 3.63) is 43.0 Å². The second kappa shape index (κ2) is 18.6. The van der Waals surface area contributed by atoms with Crippen LogP contribution in [0.25, 0.3) is 10.4 Å². The molecule has 6 fully saturated rings. The lowest BCUT2D eigenvalue weighted by Crippen LogP contribution is -2.67. The lowest BCUT2D eigenvalue weighted by Gasteiger charge is -2.73. The number of aryl methyl sites for hydroxylation is 1. The number of carbonyl (C=O) groups is 4. The second-order valence-electron chi connectivity index (χ2n) is 24.0. The molecule has 0 aromatic carbocycles. The largest absolute Gasteiger partial charge is 0.481 e.